The average Bonchev–Trinajstić information content (AvgIpc) is 2.18. The molecule has 0 amide bonds. The highest BCUT2D eigenvalue weighted by Crippen LogP contribution is 2.29. The van der Waals surface area contributed by atoms with Crippen molar-refractivity contribution in [1.29, 1.82) is 0 Å². The first-order valence-corrected chi connectivity index (χ1v) is 4.84. The van der Waals surface area contributed by atoms with Gasteiger partial charge in [0.05, 0.1) is 6.61 Å². The molecule has 0 radical (unpaired) electrons. The van der Waals surface area contributed by atoms with Crippen molar-refractivity contribution in [3.8, 4) is 0 Å². The number of ether oxygens (including phenoxy) is 1. The predicted molar refractivity (Wildman–Crippen MR) is 48.1 cm³/mol. The Balaban J connectivity index is 2.82. The van der Waals surface area contributed by atoms with Gasteiger partial charge in [-0.2, -0.15) is 0 Å². The van der Waals surface area contributed by atoms with Gasteiger partial charge in [-0.3, -0.25) is 0 Å². The van der Waals surface area contributed by atoms with E-state index in [1.807, 2.05) is 0 Å². The van der Waals surface area contributed by atoms with Crippen LogP contribution in [0.1, 0.15) is 32.6 Å². The maximum absolute atomic E-state index is 12.5. The van der Waals surface area contributed by atoms with Crippen LogP contribution >= 0.6 is 0 Å². The van der Waals surface area contributed by atoms with Gasteiger partial charge in [0.15, 0.2) is 0 Å². The quantitative estimate of drug-likeness (QED) is 0.660. The Labute approximate surface area is 81.9 Å². The fraction of sp³-hybridized carbons (Fsp3) is 0.700. The Hall–Kier alpha value is -0.930. The largest absolute Gasteiger partial charge is 0.463 e. The minimum Gasteiger partial charge on any atom is -0.463 e. The highest BCUT2D eigenvalue weighted by Gasteiger charge is 2.25. The number of esters is 1. The molecule has 1 aliphatic rings. The molecule has 0 saturated heterocycles. The first-order valence-electron chi connectivity index (χ1n) is 4.84. The number of carbonyl (C=O) groups is 1. The number of hydrogen-bond acceptors (Lipinski definition) is 2. The molecule has 0 aliphatic heterocycles. The third-order valence-corrected chi connectivity index (χ3v) is 2.30. The van der Waals surface area contributed by atoms with Gasteiger partial charge in [-0.05, 0) is 32.6 Å². The van der Waals surface area contributed by atoms with Gasteiger partial charge in [0, 0.05) is 11.1 Å². The normalized spacial score (nSPS) is 17.4. The molecular formula is C10H14F2O2. The lowest BCUT2D eigenvalue weighted by Crippen LogP contribution is -2.16. The number of alkyl halides is 2. The van der Waals surface area contributed by atoms with Crippen LogP contribution in [0.4, 0.5) is 8.78 Å². The molecule has 0 unspecified atom stereocenters. The summed E-state index contributed by atoms with van der Waals surface area (Å²) in [5, 5.41) is 0. The minimum absolute atomic E-state index is 0.0188. The molecule has 0 atom stereocenters. The summed E-state index contributed by atoms with van der Waals surface area (Å²) in [5.74, 6) is -0.567. The molecule has 0 aromatic carbocycles. The van der Waals surface area contributed by atoms with E-state index in [1.54, 1.807) is 6.92 Å². The second-order valence-corrected chi connectivity index (χ2v) is 3.23. The Morgan fingerprint density at radius 1 is 1.43 bits per heavy atom. The van der Waals surface area contributed by atoms with Crippen LogP contribution in [-0.4, -0.2) is 19.0 Å². The third-order valence-electron chi connectivity index (χ3n) is 2.30. The second-order valence-electron chi connectivity index (χ2n) is 3.23. The maximum atomic E-state index is 12.5. The molecular weight excluding hydrogens is 190 g/mol. The molecule has 80 valence electrons. The molecule has 0 aromatic rings. The van der Waals surface area contributed by atoms with E-state index in [0.29, 0.717) is 12.8 Å². The molecule has 0 heterocycles. The highest BCUT2D eigenvalue weighted by atomic mass is 19.3. The van der Waals surface area contributed by atoms with E-state index in [0.717, 1.165) is 12.8 Å². The minimum atomic E-state index is -2.52. The van der Waals surface area contributed by atoms with Crippen molar-refractivity contribution in [3.63, 3.8) is 0 Å². The summed E-state index contributed by atoms with van der Waals surface area (Å²) in [4.78, 5) is 11.3. The SMILES string of the molecule is CCOC(=O)C1=C(C(F)F)CCCC1. The van der Waals surface area contributed by atoms with Crippen molar-refractivity contribution >= 4 is 5.97 Å². The summed E-state index contributed by atoms with van der Waals surface area (Å²) in [6.45, 7) is 1.90. The van der Waals surface area contributed by atoms with Crippen LogP contribution < -0.4 is 0 Å². The van der Waals surface area contributed by atoms with Crippen LogP contribution in [0.5, 0.6) is 0 Å². The standard InChI is InChI=1S/C10H14F2O2/c1-2-14-10(13)8-6-4-3-5-7(8)9(11)12/h9H,2-6H2,1H3. The van der Waals surface area contributed by atoms with E-state index in [2.05, 4.69) is 0 Å². The van der Waals surface area contributed by atoms with Gasteiger partial charge in [0.2, 0.25) is 0 Å². The number of hydrogen-bond donors (Lipinski definition) is 0. The molecule has 0 fully saturated rings. The molecule has 4 heteroatoms. The molecule has 1 rings (SSSR count). The van der Waals surface area contributed by atoms with Crippen molar-refractivity contribution in [3.05, 3.63) is 11.1 Å². The van der Waals surface area contributed by atoms with Crippen LogP contribution in [0, 0.1) is 0 Å². The van der Waals surface area contributed by atoms with Crippen LogP contribution in [0.25, 0.3) is 0 Å². The number of halogens is 2. The lowest BCUT2D eigenvalue weighted by molar-refractivity contribution is -0.139. The number of carbonyl (C=O) groups excluding carboxylic acids is 1. The number of allylic oxidation sites excluding steroid dienone is 1. The Morgan fingerprint density at radius 3 is 2.64 bits per heavy atom. The number of rotatable bonds is 3. The lowest BCUT2D eigenvalue weighted by Gasteiger charge is -2.18. The zero-order chi connectivity index (χ0) is 10.6. The summed E-state index contributed by atoms with van der Waals surface area (Å²) < 4.78 is 29.7. The zero-order valence-corrected chi connectivity index (χ0v) is 8.19. The van der Waals surface area contributed by atoms with E-state index < -0.39 is 12.4 Å². The van der Waals surface area contributed by atoms with E-state index >= 15 is 0 Å². The van der Waals surface area contributed by atoms with Gasteiger partial charge >= 0.3 is 5.97 Å². The summed E-state index contributed by atoms with van der Waals surface area (Å²) in [6, 6.07) is 0. The molecule has 1 aliphatic carbocycles. The van der Waals surface area contributed by atoms with E-state index in [1.165, 1.54) is 0 Å². The maximum Gasteiger partial charge on any atom is 0.334 e. The smallest absolute Gasteiger partial charge is 0.334 e. The first kappa shape index (κ1) is 11.1. The molecule has 0 N–H and O–H groups in total. The van der Waals surface area contributed by atoms with Gasteiger partial charge < -0.3 is 4.74 Å². The van der Waals surface area contributed by atoms with Crippen molar-refractivity contribution in [2.45, 2.75) is 39.0 Å². The Bertz CT molecular complexity index is 247. The zero-order valence-electron chi connectivity index (χ0n) is 8.19. The van der Waals surface area contributed by atoms with Crippen LogP contribution in [0.2, 0.25) is 0 Å². The van der Waals surface area contributed by atoms with Gasteiger partial charge in [0.1, 0.15) is 0 Å². The molecule has 14 heavy (non-hydrogen) atoms. The second kappa shape index (κ2) is 5.08. The first-order chi connectivity index (χ1) is 6.66. The fourth-order valence-electron chi connectivity index (χ4n) is 1.62. The average molecular weight is 204 g/mol. The summed E-state index contributed by atoms with van der Waals surface area (Å²) in [6.07, 6.45) is -0.230. The van der Waals surface area contributed by atoms with Gasteiger partial charge in [-0.25, -0.2) is 13.6 Å². The van der Waals surface area contributed by atoms with E-state index in [-0.39, 0.29) is 17.8 Å². The Kier molecular flexibility index (Phi) is 4.04. The molecule has 2 nitrogen and oxygen atoms in total. The fourth-order valence-corrected chi connectivity index (χ4v) is 1.62. The summed E-state index contributed by atoms with van der Waals surface area (Å²) in [7, 11) is 0. The summed E-state index contributed by atoms with van der Waals surface area (Å²) >= 11 is 0. The summed E-state index contributed by atoms with van der Waals surface area (Å²) in [5.41, 5.74) is 0.183. The van der Waals surface area contributed by atoms with Gasteiger partial charge in [-0.1, -0.05) is 0 Å². The van der Waals surface area contributed by atoms with Gasteiger partial charge in [-0.15, -0.1) is 0 Å². The van der Waals surface area contributed by atoms with Gasteiger partial charge in [0.25, 0.3) is 6.43 Å². The highest BCUT2D eigenvalue weighted by molar-refractivity contribution is 5.89. The molecule has 0 bridgehead atoms. The van der Waals surface area contributed by atoms with E-state index in [9.17, 15) is 13.6 Å². The van der Waals surface area contributed by atoms with Crippen molar-refractivity contribution in [1.82, 2.24) is 0 Å². The van der Waals surface area contributed by atoms with Crippen LogP contribution in [0.3, 0.4) is 0 Å². The van der Waals surface area contributed by atoms with Crippen LogP contribution in [-0.2, 0) is 9.53 Å². The predicted octanol–water partition coefficient (Wildman–Crippen LogP) is 2.69. The van der Waals surface area contributed by atoms with Crippen molar-refractivity contribution < 1.29 is 18.3 Å². The Morgan fingerprint density at radius 2 is 2.07 bits per heavy atom. The van der Waals surface area contributed by atoms with Crippen molar-refractivity contribution in [2.24, 2.45) is 0 Å². The molecule has 0 spiro atoms. The lowest BCUT2D eigenvalue weighted by atomic mass is 9.92. The van der Waals surface area contributed by atoms with Crippen LogP contribution in [0.15, 0.2) is 11.1 Å². The topological polar surface area (TPSA) is 26.3 Å². The third kappa shape index (κ3) is 2.53. The van der Waals surface area contributed by atoms with Crippen molar-refractivity contribution in [2.75, 3.05) is 6.61 Å². The van der Waals surface area contributed by atoms with E-state index in [4.69, 9.17) is 4.74 Å². The monoisotopic (exact) mass is 204 g/mol. The molecule has 0 aromatic heterocycles. The molecule has 0 saturated carbocycles.